The number of esters is 1. The number of carbonyl (C=O) groups excluding carboxylic acids is 2. The first-order valence-corrected chi connectivity index (χ1v) is 8.50. The van der Waals surface area contributed by atoms with E-state index in [9.17, 15) is 9.59 Å². The van der Waals surface area contributed by atoms with E-state index in [0.717, 1.165) is 5.56 Å². The summed E-state index contributed by atoms with van der Waals surface area (Å²) in [5.74, 6) is 0.742. The van der Waals surface area contributed by atoms with Gasteiger partial charge in [0.15, 0.2) is 11.5 Å². The van der Waals surface area contributed by atoms with Gasteiger partial charge >= 0.3 is 5.97 Å². The first kappa shape index (κ1) is 19.6. The lowest BCUT2D eigenvalue weighted by atomic mass is 10.1. The Morgan fingerprint density at radius 3 is 2.46 bits per heavy atom. The normalized spacial score (nSPS) is 15.0. The zero-order valence-corrected chi connectivity index (χ0v) is 15.5. The van der Waals surface area contributed by atoms with E-state index in [1.54, 1.807) is 38.2 Å². The molecule has 6 nitrogen and oxygen atoms in total. The average molecular weight is 359 g/mol. The van der Waals surface area contributed by atoms with Gasteiger partial charge in [-0.1, -0.05) is 18.7 Å². The number of hydrogen-bond donors (Lipinski definition) is 0. The molecule has 1 aliphatic rings. The van der Waals surface area contributed by atoms with Gasteiger partial charge in [-0.3, -0.25) is 4.79 Å². The van der Waals surface area contributed by atoms with E-state index in [4.69, 9.17) is 14.2 Å². The number of likely N-dealkylation sites (tertiary alicyclic amines) is 1. The SMILES string of the molecule is C=C(C)C(=O)OC1CCN(C(=O)/C=C/c2cccc(OC)c2OC)CC1. The summed E-state index contributed by atoms with van der Waals surface area (Å²) in [6.45, 7) is 6.30. The number of nitrogens with zero attached hydrogens (tertiary/aromatic N) is 1. The van der Waals surface area contributed by atoms with Gasteiger partial charge in [0.05, 0.1) is 14.2 Å². The highest BCUT2D eigenvalue weighted by Gasteiger charge is 2.24. The molecule has 1 heterocycles. The molecule has 0 unspecified atom stereocenters. The number of methoxy groups -OCH3 is 2. The number of amides is 1. The van der Waals surface area contributed by atoms with Crippen molar-refractivity contribution >= 4 is 18.0 Å². The van der Waals surface area contributed by atoms with Crippen molar-refractivity contribution in [3.05, 3.63) is 42.0 Å². The maximum absolute atomic E-state index is 12.4. The Morgan fingerprint density at radius 2 is 1.88 bits per heavy atom. The molecular formula is C20H25NO5. The minimum atomic E-state index is -0.375. The van der Waals surface area contributed by atoms with E-state index in [2.05, 4.69) is 6.58 Å². The van der Waals surface area contributed by atoms with E-state index in [-0.39, 0.29) is 18.0 Å². The number of hydrogen-bond acceptors (Lipinski definition) is 5. The summed E-state index contributed by atoms with van der Waals surface area (Å²) in [6, 6.07) is 5.50. The third-order valence-corrected chi connectivity index (χ3v) is 4.21. The maximum atomic E-state index is 12.4. The van der Waals surface area contributed by atoms with Crippen LogP contribution in [0.2, 0.25) is 0 Å². The molecule has 0 aromatic heterocycles. The van der Waals surface area contributed by atoms with E-state index in [1.165, 1.54) is 6.08 Å². The van der Waals surface area contributed by atoms with Crippen molar-refractivity contribution in [1.82, 2.24) is 4.90 Å². The number of benzene rings is 1. The molecule has 1 aliphatic heterocycles. The van der Waals surface area contributed by atoms with Gasteiger partial charge in [0.2, 0.25) is 5.91 Å². The van der Waals surface area contributed by atoms with Crippen LogP contribution in [0.1, 0.15) is 25.3 Å². The molecule has 2 rings (SSSR count). The molecule has 0 spiro atoms. The van der Waals surface area contributed by atoms with Crippen LogP contribution < -0.4 is 9.47 Å². The first-order valence-electron chi connectivity index (χ1n) is 8.50. The maximum Gasteiger partial charge on any atom is 0.333 e. The van der Waals surface area contributed by atoms with Crippen LogP contribution >= 0.6 is 0 Å². The molecule has 26 heavy (non-hydrogen) atoms. The van der Waals surface area contributed by atoms with Crippen molar-refractivity contribution in [3.8, 4) is 11.5 Å². The average Bonchev–Trinajstić information content (AvgIpc) is 2.65. The fraction of sp³-hybridized carbons (Fsp3) is 0.400. The van der Waals surface area contributed by atoms with Gasteiger partial charge < -0.3 is 19.1 Å². The highest BCUT2D eigenvalue weighted by Crippen LogP contribution is 2.31. The van der Waals surface area contributed by atoms with E-state index >= 15 is 0 Å². The fourth-order valence-electron chi connectivity index (χ4n) is 2.76. The number of para-hydroxylation sites is 1. The van der Waals surface area contributed by atoms with Gasteiger partial charge in [-0.15, -0.1) is 0 Å². The molecule has 1 fully saturated rings. The molecule has 6 heteroatoms. The third kappa shape index (κ3) is 4.88. The lowest BCUT2D eigenvalue weighted by Gasteiger charge is -2.31. The Labute approximate surface area is 154 Å². The van der Waals surface area contributed by atoms with Crippen molar-refractivity contribution in [2.24, 2.45) is 0 Å². The van der Waals surface area contributed by atoms with Gasteiger partial charge in [0.25, 0.3) is 0 Å². The van der Waals surface area contributed by atoms with Crippen LogP contribution in [-0.2, 0) is 14.3 Å². The molecule has 0 bridgehead atoms. The molecule has 1 amide bonds. The van der Waals surface area contributed by atoms with Crippen molar-refractivity contribution in [2.45, 2.75) is 25.9 Å². The summed E-state index contributed by atoms with van der Waals surface area (Å²) >= 11 is 0. The molecule has 0 atom stereocenters. The van der Waals surface area contributed by atoms with E-state index in [1.807, 2.05) is 12.1 Å². The van der Waals surface area contributed by atoms with Gasteiger partial charge in [-0.05, 0) is 19.1 Å². The smallest absolute Gasteiger partial charge is 0.333 e. The molecule has 140 valence electrons. The first-order chi connectivity index (χ1) is 12.5. The summed E-state index contributed by atoms with van der Waals surface area (Å²) < 4.78 is 16.0. The summed E-state index contributed by atoms with van der Waals surface area (Å²) in [5, 5.41) is 0. The second kappa shape index (κ2) is 9.08. The van der Waals surface area contributed by atoms with Crippen LogP contribution in [0, 0.1) is 0 Å². The molecule has 0 radical (unpaired) electrons. The van der Waals surface area contributed by atoms with Crippen LogP contribution in [-0.4, -0.2) is 50.2 Å². The van der Waals surface area contributed by atoms with Crippen molar-refractivity contribution in [2.75, 3.05) is 27.3 Å². The molecule has 1 aromatic carbocycles. The quantitative estimate of drug-likeness (QED) is 0.577. The monoisotopic (exact) mass is 359 g/mol. The lowest BCUT2D eigenvalue weighted by molar-refractivity contribution is -0.147. The lowest BCUT2D eigenvalue weighted by Crippen LogP contribution is -2.40. The highest BCUT2D eigenvalue weighted by molar-refractivity contribution is 5.92. The Morgan fingerprint density at radius 1 is 1.19 bits per heavy atom. The summed E-state index contributed by atoms with van der Waals surface area (Å²) in [5.41, 5.74) is 1.16. The van der Waals surface area contributed by atoms with Gasteiger partial charge in [0, 0.05) is 43.1 Å². The van der Waals surface area contributed by atoms with Crippen molar-refractivity contribution in [1.29, 1.82) is 0 Å². The van der Waals surface area contributed by atoms with Crippen molar-refractivity contribution < 1.29 is 23.8 Å². The second-order valence-electron chi connectivity index (χ2n) is 6.13. The molecular weight excluding hydrogens is 334 g/mol. The Kier molecular flexibility index (Phi) is 6.83. The minimum Gasteiger partial charge on any atom is -0.493 e. The van der Waals surface area contributed by atoms with Gasteiger partial charge in [-0.25, -0.2) is 4.79 Å². The second-order valence-corrected chi connectivity index (χ2v) is 6.13. The molecule has 1 saturated heterocycles. The number of rotatable bonds is 6. The highest BCUT2D eigenvalue weighted by atomic mass is 16.5. The van der Waals surface area contributed by atoms with Crippen LogP contribution in [0.3, 0.4) is 0 Å². The third-order valence-electron chi connectivity index (χ3n) is 4.21. The van der Waals surface area contributed by atoms with Crippen LogP contribution in [0.5, 0.6) is 11.5 Å². The summed E-state index contributed by atoms with van der Waals surface area (Å²) in [4.78, 5) is 25.7. The van der Waals surface area contributed by atoms with Crippen LogP contribution in [0.15, 0.2) is 36.4 Å². The zero-order valence-electron chi connectivity index (χ0n) is 15.5. The molecule has 1 aromatic rings. The Bertz CT molecular complexity index is 702. The van der Waals surface area contributed by atoms with Gasteiger partial charge in [-0.2, -0.15) is 0 Å². The van der Waals surface area contributed by atoms with Gasteiger partial charge in [0.1, 0.15) is 6.10 Å². The Balaban J connectivity index is 1.94. The fourth-order valence-corrected chi connectivity index (χ4v) is 2.76. The standard InChI is InChI=1S/C20H25NO5/c1-14(2)20(23)26-16-10-12-21(13-11-16)18(22)9-8-15-6-5-7-17(24-3)19(15)25-4/h5-9,16H,1,10-13H2,2-4H3/b9-8+. The predicted octanol–water partition coefficient (Wildman–Crippen LogP) is 2.83. The predicted molar refractivity (Wildman–Crippen MR) is 99.1 cm³/mol. The summed E-state index contributed by atoms with van der Waals surface area (Å²) in [6.07, 6.45) is 4.34. The zero-order chi connectivity index (χ0) is 19.1. The van der Waals surface area contributed by atoms with Crippen LogP contribution in [0.25, 0.3) is 6.08 Å². The number of ether oxygens (including phenoxy) is 3. The number of piperidine rings is 1. The number of carbonyl (C=O) groups is 2. The largest absolute Gasteiger partial charge is 0.493 e. The van der Waals surface area contributed by atoms with E-state index < -0.39 is 0 Å². The topological polar surface area (TPSA) is 65.1 Å². The van der Waals surface area contributed by atoms with Crippen LogP contribution in [0.4, 0.5) is 0 Å². The molecule has 0 aliphatic carbocycles. The Hall–Kier alpha value is -2.76. The molecule has 0 N–H and O–H groups in total. The molecule has 0 saturated carbocycles. The van der Waals surface area contributed by atoms with Crippen molar-refractivity contribution in [3.63, 3.8) is 0 Å². The van der Waals surface area contributed by atoms with E-state index in [0.29, 0.717) is 43.0 Å². The summed E-state index contributed by atoms with van der Waals surface area (Å²) in [7, 11) is 3.13. The minimum absolute atomic E-state index is 0.0837.